The summed E-state index contributed by atoms with van der Waals surface area (Å²) in [6, 6.07) is 0. The Morgan fingerprint density at radius 3 is 2.38 bits per heavy atom. The maximum Gasteiger partial charge on any atom is 0.210 e. The van der Waals surface area contributed by atoms with Crippen molar-refractivity contribution in [2.24, 2.45) is 21.9 Å². The maximum atomic E-state index is 11.3. The summed E-state index contributed by atoms with van der Waals surface area (Å²) in [5, 5.41) is 11.8. The van der Waals surface area contributed by atoms with Gasteiger partial charge in [-0.05, 0) is 47.6 Å². The van der Waals surface area contributed by atoms with Crippen molar-refractivity contribution in [2.75, 3.05) is 19.6 Å². The minimum atomic E-state index is -0.243. The van der Waals surface area contributed by atoms with Crippen LogP contribution in [0.3, 0.4) is 0 Å². The minimum Gasteiger partial charge on any atom is -0.399 e. The minimum absolute atomic E-state index is 0.0828. The van der Waals surface area contributed by atoms with Gasteiger partial charge in [0.2, 0.25) is 6.41 Å². The average molecular weight is 337 g/mol. The molecule has 1 aliphatic rings. The van der Waals surface area contributed by atoms with Crippen LogP contribution in [0, 0.1) is 0 Å². The molecular formula is C16H31N7O. The van der Waals surface area contributed by atoms with E-state index in [1.54, 1.807) is 11.1 Å². The van der Waals surface area contributed by atoms with E-state index in [9.17, 15) is 4.79 Å². The SMILES string of the molecule is CC(C)(C)N(N)/C=C(\N)CN(C=O)CC1=CCN(C(C)(C)C)N=N1. The highest BCUT2D eigenvalue weighted by Gasteiger charge is 2.22. The lowest BCUT2D eigenvalue weighted by molar-refractivity contribution is -0.117. The fraction of sp³-hybridized carbons (Fsp3) is 0.688. The first-order valence-electron chi connectivity index (χ1n) is 8.01. The number of carbonyl (C=O) groups is 1. The molecule has 0 aromatic rings. The molecule has 1 rings (SSSR count). The van der Waals surface area contributed by atoms with Gasteiger partial charge >= 0.3 is 0 Å². The number of nitrogens with zero attached hydrogens (tertiary/aromatic N) is 5. The monoisotopic (exact) mass is 337 g/mol. The lowest BCUT2D eigenvalue weighted by atomic mass is 10.1. The van der Waals surface area contributed by atoms with Gasteiger partial charge in [-0.3, -0.25) is 9.80 Å². The van der Waals surface area contributed by atoms with Crippen LogP contribution in [0.4, 0.5) is 0 Å². The molecule has 0 radical (unpaired) electrons. The molecule has 0 saturated heterocycles. The van der Waals surface area contributed by atoms with Crippen LogP contribution < -0.4 is 11.6 Å². The zero-order valence-electron chi connectivity index (χ0n) is 15.7. The van der Waals surface area contributed by atoms with Crippen LogP contribution in [0.1, 0.15) is 41.5 Å². The second kappa shape index (κ2) is 7.65. The molecule has 0 unspecified atom stereocenters. The van der Waals surface area contributed by atoms with E-state index in [0.717, 1.165) is 12.1 Å². The molecule has 8 nitrogen and oxygen atoms in total. The highest BCUT2D eigenvalue weighted by molar-refractivity contribution is 5.48. The standard InChI is InChI=1S/C16H31N7O/c1-15(2,3)22(18)10-13(17)9-21(12-24)11-14-7-8-23(20-19-14)16(4,5)6/h7,10,12H,8-9,11,17-18H2,1-6H3/b13-10-. The molecule has 136 valence electrons. The van der Waals surface area contributed by atoms with E-state index in [2.05, 4.69) is 31.1 Å². The van der Waals surface area contributed by atoms with Gasteiger partial charge in [0.1, 0.15) is 0 Å². The van der Waals surface area contributed by atoms with Crippen molar-refractivity contribution < 1.29 is 4.79 Å². The quantitative estimate of drug-likeness (QED) is 0.435. The fourth-order valence-corrected chi connectivity index (χ4v) is 1.87. The third kappa shape index (κ3) is 6.19. The number of nitrogens with two attached hydrogens (primary N) is 2. The van der Waals surface area contributed by atoms with Crippen molar-refractivity contribution in [1.82, 2.24) is 14.9 Å². The van der Waals surface area contributed by atoms with E-state index >= 15 is 0 Å². The lowest BCUT2D eigenvalue weighted by Gasteiger charge is -2.33. The topological polar surface area (TPSA) is 104 Å². The predicted octanol–water partition coefficient (Wildman–Crippen LogP) is 1.58. The van der Waals surface area contributed by atoms with Gasteiger partial charge in [0, 0.05) is 17.4 Å². The Balaban J connectivity index is 2.64. The number of hydrogen-bond donors (Lipinski definition) is 2. The van der Waals surface area contributed by atoms with E-state index in [-0.39, 0.29) is 17.6 Å². The second-order valence-electron chi connectivity index (χ2n) is 7.93. The van der Waals surface area contributed by atoms with Crippen molar-refractivity contribution >= 4 is 6.41 Å². The smallest absolute Gasteiger partial charge is 0.210 e. The molecule has 0 aliphatic carbocycles. The summed E-state index contributed by atoms with van der Waals surface area (Å²) in [5.41, 5.74) is 6.91. The highest BCUT2D eigenvalue weighted by atomic mass is 16.1. The first-order valence-corrected chi connectivity index (χ1v) is 8.01. The summed E-state index contributed by atoms with van der Waals surface area (Å²) < 4.78 is 0. The van der Waals surface area contributed by atoms with E-state index < -0.39 is 0 Å². The number of amides is 1. The first kappa shape index (κ1) is 20.0. The van der Waals surface area contributed by atoms with Crippen molar-refractivity contribution in [1.29, 1.82) is 0 Å². The molecule has 0 bridgehead atoms. The van der Waals surface area contributed by atoms with Gasteiger partial charge in [0.15, 0.2) is 0 Å². The highest BCUT2D eigenvalue weighted by Crippen LogP contribution is 2.19. The van der Waals surface area contributed by atoms with Gasteiger partial charge in [-0.25, -0.2) is 5.84 Å². The van der Waals surface area contributed by atoms with E-state index in [1.807, 2.05) is 31.9 Å². The van der Waals surface area contributed by atoms with E-state index in [4.69, 9.17) is 11.6 Å². The van der Waals surface area contributed by atoms with Gasteiger partial charge in [-0.1, -0.05) is 5.22 Å². The van der Waals surface area contributed by atoms with Crippen molar-refractivity contribution in [3.8, 4) is 0 Å². The zero-order chi connectivity index (χ0) is 18.5. The summed E-state index contributed by atoms with van der Waals surface area (Å²) in [4.78, 5) is 12.9. The summed E-state index contributed by atoms with van der Waals surface area (Å²) in [5.74, 6) is 5.93. The summed E-state index contributed by atoms with van der Waals surface area (Å²) in [6.07, 6.45) is 4.37. The van der Waals surface area contributed by atoms with Crippen molar-refractivity contribution in [2.45, 2.75) is 52.6 Å². The Morgan fingerprint density at radius 1 is 1.33 bits per heavy atom. The van der Waals surface area contributed by atoms with Crippen LogP contribution in [0.2, 0.25) is 0 Å². The Bertz CT molecular complexity index is 526. The molecular weight excluding hydrogens is 306 g/mol. The molecule has 1 aliphatic heterocycles. The molecule has 4 N–H and O–H groups in total. The molecule has 0 aromatic heterocycles. The second-order valence-corrected chi connectivity index (χ2v) is 7.93. The molecule has 0 fully saturated rings. The Hall–Kier alpha value is -2.09. The number of rotatable bonds is 6. The Labute approximate surface area is 144 Å². The van der Waals surface area contributed by atoms with Gasteiger partial charge in [0.05, 0.1) is 30.9 Å². The third-order valence-electron chi connectivity index (χ3n) is 3.53. The number of hydrogen-bond acceptors (Lipinski definition) is 7. The zero-order valence-corrected chi connectivity index (χ0v) is 15.7. The molecule has 8 heteroatoms. The number of hydrazine groups is 1. The van der Waals surface area contributed by atoms with Crippen LogP contribution in [-0.2, 0) is 4.79 Å². The van der Waals surface area contributed by atoms with Crippen molar-refractivity contribution in [3.05, 3.63) is 23.7 Å². The fourth-order valence-electron chi connectivity index (χ4n) is 1.87. The molecule has 0 saturated carbocycles. The summed E-state index contributed by atoms with van der Waals surface area (Å²) >= 11 is 0. The normalized spacial score (nSPS) is 16.0. The van der Waals surface area contributed by atoms with Crippen LogP contribution in [0.5, 0.6) is 0 Å². The first-order chi connectivity index (χ1) is 10.9. The molecule has 1 heterocycles. The third-order valence-corrected chi connectivity index (χ3v) is 3.53. The average Bonchev–Trinajstić information content (AvgIpc) is 2.45. The predicted molar refractivity (Wildman–Crippen MR) is 95.1 cm³/mol. The van der Waals surface area contributed by atoms with Gasteiger partial charge < -0.3 is 15.6 Å². The molecule has 0 atom stereocenters. The molecule has 0 spiro atoms. The lowest BCUT2D eigenvalue weighted by Crippen LogP contribution is -2.43. The van der Waals surface area contributed by atoms with Gasteiger partial charge in [-0.2, -0.15) is 0 Å². The van der Waals surface area contributed by atoms with Gasteiger partial charge in [-0.15, -0.1) is 5.11 Å². The number of carbonyl (C=O) groups excluding carboxylic acids is 1. The van der Waals surface area contributed by atoms with Crippen LogP contribution in [0.25, 0.3) is 0 Å². The molecule has 24 heavy (non-hydrogen) atoms. The molecule has 0 aromatic carbocycles. The van der Waals surface area contributed by atoms with E-state index in [0.29, 0.717) is 18.8 Å². The Kier molecular flexibility index (Phi) is 6.36. The van der Waals surface area contributed by atoms with E-state index in [1.165, 1.54) is 5.01 Å². The maximum absolute atomic E-state index is 11.3. The summed E-state index contributed by atoms with van der Waals surface area (Å²) in [7, 11) is 0. The Morgan fingerprint density at radius 2 is 1.96 bits per heavy atom. The van der Waals surface area contributed by atoms with Gasteiger partial charge in [0.25, 0.3) is 0 Å². The van der Waals surface area contributed by atoms with Crippen LogP contribution >= 0.6 is 0 Å². The van der Waals surface area contributed by atoms with Crippen LogP contribution in [0.15, 0.2) is 34.0 Å². The molecule has 1 amide bonds. The summed E-state index contributed by atoms with van der Waals surface area (Å²) in [6.45, 7) is 13.4. The van der Waals surface area contributed by atoms with Crippen LogP contribution in [-0.4, -0.2) is 52.0 Å². The largest absolute Gasteiger partial charge is 0.399 e. The van der Waals surface area contributed by atoms with Crippen molar-refractivity contribution in [3.63, 3.8) is 0 Å².